The number of nitrogens with one attached hydrogen (secondary N) is 2. The molecule has 1 aliphatic rings. The number of anilines is 2. The molecule has 2 N–H and O–H groups in total. The third kappa shape index (κ3) is 2.88. The predicted octanol–water partition coefficient (Wildman–Crippen LogP) is 2.63. The molecule has 9 nitrogen and oxygen atoms in total. The average Bonchev–Trinajstić information content (AvgIpc) is 3.24. The summed E-state index contributed by atoms with van der Waals surface area (Å²) in [6.45, 7) is 2.14. The number of amides is 2. The Labute approximate surface area is 153 Å². The molecule has 27 heavy (non-hydrogen) atoms. The Bertz CT molecular complexity index is 1100. The number of aromatic amines is 1. The van der Waals surface area contributed by atoms with E-state index in [9.17, 15) is 19.7 Å². The van der Waals surface area contributed by atoms with Gasteiger partial charge in [-0.1, -0.05) is 0 Å². The molecule has 1 aromatic heterocycles. The molecule has 0 saturated carbocycles. The molecule has 2 aromatic carbocycles. The summed E-state index contributed by atoms with van der Waals surface area (Å²) >= 11 is 0. The van der Waals surface area contributed by atoms with Gasteiger partial charge in [-0.05, 0) is 36.2 Å². The zero-order valence-corrected chi connectivity index (χ0v) is 14.4. The molecule has 0 bridgehead atoms. The number of fused-ring (bicyclic) bond motifs is 2. The molecule has 0 fully saturated rings. The Morgan fingerprint density at radius 1 is 1.26 bits per heavy atom. The molecule has 9 heteroatoms. The first-order valence-corrected chi connectivity index (χ1v) is 8.29. The van der Waals surface area contributed by atoms with Crippen LogP contribution in [0.3, 0.4) is 0 Å². The highest BCUT2D eigenvalue weighted by Crippen LogP contribution is 2.31. The topological polar surface area (TPSA) is 121 Å². The van der Waals surface area contributed by atoms with Gasteiger partial charge in [0.2, 0.25) is 5.91 Å². The summed E-state index contributed by atoms with van der Waals surface area (Å²) in [4.78, 5) is 36.4. The van der Waals surface area contributed by atoms with Crippen LogP contribution in [0.2, 0.25) is 0 Å². The number of nitrogens with zero attached hydrogens (tertiary/aromatic N) is 3. The van der Waals surface area contributed by atoms with Gasteiger partial charge in [0, 0.05) is 42.4 Å². The monoisotopic (exact) mass is 365 g/mol. The quantitative estimate of drug-likeness (QED) is 0.546. The van der Waals surface area contributed by atoms with Crippen molar-refractivity contribution >= 4 is 39.8 Å². The van der Waals surface area contributed by atoms with Gasteiger partial charge in [0.1, 0.15) is 0 Å². The van der Waals surface area contributed by atoms with E-state index in [-0.39, 0.29) is 17.3 Å². The normalized spacial score (nSPS) is 12.9. The molecule has 2 amide bonds. The lowest BCUT2D eigenvalue weighted by Crippen LogP contribution is -2.25. The Kier molecular flexibility index (Phi) is 3.84. The number of benzene rings is 2. The van der Waals surface area contributed by atoms with Crippen LogP contribution in [0.15, 0.2) is 36.4 Å². The standard InChI is InChI=1S/C18H15N5O4/c1-10(24)22-7-6-11-8-12(2-5-16(11)22)19-18(25)17-14-9-13(23(26)27)3-4-15(14)20-21-17/h2-5,8-9H,6-7H2,1H3,(H,19,25)(H,20,21). The van der Waals surface area contributed by atoms with E-state index >= 15 is 0 Å². The van der Waals surface area contributed by atoms with E-state index in [1.807, 2.05) is 6.07 Å². The van der Waals surface area contributed by atoms with Crippen LogP contribution in [-0.2, 0) is 11.2 Å². The highest BCUT2D eigenvalue weighted by Gasteiger charge is 2.23. The fraction of sp³-hybridized carbons (Fsp3) is 0.167. The van der Waals surface area contributed by atoms with Gasteiger partial charge >= 0.3 is 0 Å². The van der Waals surface area contributed by atoms with Crippen molar-refractivity contribution in [3.8, 4) is 0 Å². The summed E-state index contributed by atoms with van der Waals surface area (Å²) < 4.78 is 0. The summed E-state index contributed by atoms with van der Waals surface area (Å²) in [7, 11) is 0. The summed E-state index contributed by atoms with van der Waals surface area (Å²) in [6, 6.07) is 9.53. The van der Waals surface area contributed by atoms with Gasteiger partial charge in [-0.3, -0.25) is 24.8 Å². The number of hydrogen-bond acceptors (Lipinski definition) is 5. The molecule has 0 spiro atoms. The predicted molar refractivity (Wildman–Crippen MR) is 98.9 cm³/mol. The van der Waals surface area contributed by atoms with Crippen molar-refractivity contribution in [1.29, 1.82) is 0 Å². The maximum Gasteiger partial charge on any atom is 0.276 e. The molecule has 0 atom stereocenters. The summed E-state index contributed by atoms with van der Waals surface area (Å²) in [6.07, 6.45) is 0.718. The lowest BCUT2D eigenvalue weighted by molar-refractivity contribution is -0.384. The third-order valence-electron chi connectivity index (χ3n) is 4.59. The van der Waals surface area contributed by atoms with E-state index in [0.29, 0.717) is 23.1 Å². The van der Waals surface area contributed by atoms with Gasteiger partial charge in [-0.2, -0.15) is 5.10 Å². The van der Waals surface area contributed by atoms with Crippen LogP contribution in [0, 0.1) is 10.1 Å². The Hall–Kier alpha value is -3.75. The summed E-state index contributed by atoms with van der Waals surface area (Å²) in [5.41, 5.74) is 2.91. The first-order valence-electron chi connectivity index (χ1n) is 8.29. The van der Waals surface area contributed by atoms with E-state index in [4.69, 9.17) is 0 Å². The summed E-state index contributed by atoms with van der Waals surface area (Å²) in [5.74, 6) is -0.488. The molecule has 1 aliphatic heterocycles. The molecular formula is C18H15N5O4. The van der Waals surface area contributed by atoms with Crippen molar-refractivity contribution in [2.45, 2.75) is 13.3 Å². The number of nitro groups is 1. The zero-order chi connectivity index (χ0) is 19.1. The first kappa shape index (κ1) is 16.7. The molecule has 2 heterocycles. The smallest absolute Gasteiger partial charge is 0.276 e. The molecule has 0 aliphatic carbocycles. The largest absolute Gasteiger partial charge is 0.321 e. The van der Waals surface area contributed by atoms with Gasteiger partial charge in [0.25, 0.3) is 11.6 Å². The number of carbonyl (C=O) groups is 2. The van der Waals surface area contributed by atoms with Crippen molar-refractivity contribution in [2.75, 3.05) is 16.8 Å². The molecule has 0 saturated heterocycles. The highest BCUT2D eigenvalue weighted by molar-refractivity contribution is 6.11. The SMILES string of the molecule is CC(=O)N1CCc2cc(NC(=O)c3n[nH]c4ccc([N+](=O)[O-])cc34)ccc21. The molecular weight excluding hydrogens is 350 g/mol. The van der Waals surface area contributed by atoms with Crippen molar-refractivity contribution in [3.05, 3.63) is 57.8 Å². The van der Waals surface area contributed by atoms with Gasteiger partial charge in [-0.15, -0.1) is 0 Å². The number of aromatic nitrogens is 2. The van der Waals surface area contributed by atoms with Crippen molar-refractivity contribution in [3.63, 3.8) is 0 Å². The number of rotatable bonds is 3. The number of nitro benzene ring substituents is 1. The summed E-state index contributed by atoms with van der Waals surface area (Å²) in [5, 5.41) is 20.8. The van der Waals surface area contributed by atoms with Gasteiger partial charge in [-0.25, -0.2) is 0 Å². The number of non-ortho nitro benzene ring substituents is 1. The molecule has 0 radical (unpaired) electrons. The lowest BCUT2D eigenvalue weighted by atomic mass is 10.1. The third-order valence-corrected chi connectivity index (χ3v) is 4.59. The van der Waals surface area contributed by atoms with Gasteiger partial charge in [0.15, 0.2) is 5.69 Å². The van der Waals surface area contributed by atoms with Crippen molar-refractivity contribution in [1.82, 2.24) is 10.2 Å². The second-order valence-corrected chi connectivity index (χ2v) is 6.28. The number of H-pyrrole nitrogens is 1. The van der Waals surface area contributed by atoms with Crippen LogP contribution in [0.1, 0.15) is 23.0 Å². The van der Waals surface area contributed by atoms with E-state index in [1.54, 1.807) is 17.0 Å². The fourth-order valence-corrected chi connectivity index (χ4v) is 3.29. The van der Waals surface area contributed by atoms with Crippen LogP contribution in [0.5, 0.6) is 0 Å². The maximum absolute atomic E-state index is 12.6. The van der Waals surface area contributed by atoms with Crippen LogP contribution in [-0.4, -0.2) is 33.5 Å². The van der Waals surface area contributed by atoms with Gasteiger partial charge < -0.3 is 10.2 Å². The average molecular weight is 365 g/mol. The van der Waals surface area contributed by atoms with Crippen LogP contribution < -0.4 is 10.2 Å². The fourth-order valence-electron chi connectivity index (χ4n) is 3.29. The molecule has 4 rings (SSSR count). The highest BCUT2D eigenvalue weighted by atomic mass is 16.6. The van der Waals surface area contributed by atoms with Crippen molar-refractivity contribution in [2.24, 2.45) is 0 Å². The van der Waals surface area contributed by atoms with E-state index in [0.717, 1.165) is 17.7 Å². The number of hydrogen-bond donors (Lipinski definition) is 2. The van der Waals surface area contributed by atoms with Crippen LogP contribution >= 0.6 is 0 Å². The lowest BCUT2D eigenvalue weighted by Gasteiger charge is -2.15. The minimum atomic E-state index is -0.518. The molecule has 136 valence electrons. The maximum atomic E-state index is 12.6. The Morgan fingerprint density at radius 2 is 2.07 bits per heavy atom. The second kappa shape index (κ2) is 6.20. The number of carbonyl (C=O) groups excluding carboxylic acids is 2. The zero-order valence-electron chi connectivity index (χ0n) is 14.4. The van der Waals surface area contributed by atoms with Crippen LogP contribution in [0.4, 0.5) is 17.1 Å². The second-order valence-electron chi connectivity index (χ2n) is 6.28. The van der Waals surface area contributed by atoms with E-state index in [1.165, 1.54) is 25.1 Å². The minimum Gasteiger partial charge on any atom is -0.321 e. The first-order chi connectivity index (χ1) is 12.9. The van der Waals surface area contributed by atoms with E-state index in [2.05, 4.69) is 15.5 Å². The van der Waals surface area contributed by atoms with Gasteiger partial charge in [0.05, 0.1) is 10.4 Å². The Balaban J connectivity index is 1.62. The van der Waals surface area contributed by atoms with E-state index < -0.39 is 10.8 Å². The molecule has 0 unspecified atom stereocenters. The van der Waals surface area contributed by atoms with Crippen molar-refractivity contribution < 1.29 is 14.5 Å². The Morgan fingerprint density at radius 3 is 2.81 bits per heavy atom. The minimum absolute atomic E-state index is 0.0184. The van der Waals surface area contributed by atoms with Crippen LogP contribution in [0.25, 0.3) is 10.9 Å². The molecule has 3 aromatic rings.